The maximum absolute atomic E-state index is 13.3. The first-order valence-electron chi connectivity index (χ1n) is 11.6. The van der Waals surface area contributed by atoms with Gasteiger partial charge in [0.05, 0.1) is 18.8 Å². The number of aromatic nitrogens is 3. The summed E-state index contributed by atoms with van der Waals surface area (Å²) in [6, 6.07) is 4.12. The van der Waals surface area contributed by atoms with Crippen LogP contribution in [-0.2, 0) is 11.2 Å². The maximum Gasteiger partial charge on any atom is 0.270 e. The Hall–Kier alpha value is -2.26. The van der Waals surface area contributed by atoms with Crippen molar-refractivity contribution in [3.63, 3.8) is 0 Å². The molecular weight excluding hydrogens is 424 g/mol. The second kappa shape index (κ2) is 10.6. The van der Waals surface area contributed by atoms with Gasteiger partial charge in [-0.05, 0) is 30.9 Å². The lowest BCUT2D eigenvalue weighted by atomic mass is 9.75. The smallest absolute Gasteiger partial charge is 0.270 e. The number of amides is 1. The van der Waals surface area contributed by atoms with Crippen molar-refractivity contribution in [1.82, 2.24) is 23.9 Å². The average molecular weight is 459 g/mol. The molecule has 0 spiro atoms. The van der Waals surface area contributed by atoms with Gasteiger partial charge in [-0.25, -0.2) is 0 Å². The van der Waals surface area contributed by atoms with Crippen LogP contribution >= 0.6 is 11.7 Å². The molecule has 174 valence electrons. The minimum atomic E-state index is -0.238. The Kier molecular flexibility index (Phi) is 7.57. The molecule has 4 rings (SSSR count). The highest BCUT2D eigenvalue weighted by molar-refractivity contribution is 6.99. The third-order valence-electron chi connectivity index (χ3n) is 6.83. The van der Waals surface area contributed by atoms with Gasteiger partial charge in [-0.15, -0.1) is 4.37 Å². The predicted molar refractivity (Wildman–Crippen MR) is 126 cm³/mol. The molecule has 1 unspecified atom stereocenters. The molecule has 2 fully saturated rings. The van der Waals surface area contributed by atoms with E-state index in [1.807, 2.05) is 12.3 Å². The molecule has 32 heavy (non-hydrogen) atoms. The predicted octanol–water partition coefficient (Wildman–Crippen LogP) is 2.76. The minimum absolute atomic E-state index is 0.0625. The zero-order chi connectivity index (χ0) is 22.4. The lowest BCUT2D eigenvalue weighted by Gasteiger charge is -2.38. The molecule has 2 aromatic heterocycles. The fourth-order valence-corrected chi connectivity index (χ4v) is 5.38. The normalized spacial score (nSPS) is 20.0. The summed E-state index contributed by atoms with van der Waals surface area (Å²) in [4.78, 5) is 22.2. The first kappa shape index (κ1) is 22.9. The number of piperazine rings is 1. The van der Waals surface area contributed by atoms with Crippen molar-refractivity contribution in [2.24, 2.45) is 5.41 Å². The van der Waals surface area contributed by atoms with Gasteiger partial charge >= 0.3 is 0 Å². The van der Waals surface area contributed by atoms with E-state index in [0.29, 0.717) is 5.88 Å². The van der Waals surface area contributed by atoms with Crippen LogP contribution in [0.1, 0.15) is 44.6 Å². The summed E-state index contributed by atoms with van der Waals surface area (Å²) >= 11 is 1.18. The van der Waals surface area contributed by atoms with Crippen LogP contribution < -0.4 is 15.0 Å². The van der Waals surface area contributed by atoms with Gasteiger partial charge in [0.25, 0.3) is 5.88 Å². The van der Waals surface area contributed by atoms with Crippen molar-refractivity contribution >= 4 is 23.5 Å². The molecule has 1 aliphatic carbocycles. The van der Waals surface area contributed by atoms with Gasteiger partial charge in [-0.1, -0.05) is 32.3 Å². The lowest BCUT2D eigenvalue weighted by molar-refractivity contribution is -0.132. The minimum Gasteiger partial charge on any atom is -0.478 e. The van der Waals surface area contributed by atoms with Gasteiger partial charge in [0, 0.05) is 56.6 Å². The van der Waals surface area contributed by atoms with Crippen LogP contribution in [0, 0.1) is 5.41 Å². The standard InChI is InChI=1S/C23H34N6O2S/c1-23(8-4-3-5-9-23)22(30)25-19(15-18-7-6-10-24-16-18)17-28-11-13-29(14-12-28)20-21(31-2)27-32-26-20/h6-7,10,16,19H,3-5,8-9,11-15,17H2,1-2H3,(H,25,30). The molecule has 9 heteroatoms. The summed E-state index contributed by atoms with van der Waals surface area (Å²) < 4.78 is 13.9. The van der Waals surface area contributed by atoms with E-state index in [1.165, 1.54) is 18.1 Å². The molecule has 1 N–H and O–H groups in total. The van der Waals surface area contributed by atoms with Crippen molar-refractivity contribution in [2.75, 3.05) is 44.7 Å². The van der Waals surface area contributed by atoms with Crippen LogP contribution in [0.2, 0.25) is 0 Å². The van der Waals surface area contributed by atoms with Gasteiger partial charge < -0.3 is 15.0 Å². The fourth-order valence-electron chi connectivity index (χ4n) is 4.83. The summed E-state index contributed by atoms with van der Waals surface area (Å²) in [5.74, 6) is 1.65. The van der Waals surface area contributed by atoms with E-state index in [-0.39, 0.29) is 17.4 Å². The first-order chi connectivity index (χ1) is 15.6. The Morgan fingerprint density at radius 3 is 2.69 bits per heavy atom. The molecule has 1 amide bonds. The maximum atomic E-state index is 13.3. The summed E-state index contributed by atoms with van der Waals surface area (Å²) in [6.45, 7) is 6.53. The Bertz CT molecular complexity index is 862. The molecule has 0 aromatic carbocycles. The van der Waals surface area contributed by atoms with E-state index < -0.39 is 0 Å². The lowest BCUT2D eigenvalue weighted by Crippen LogP contribution is -2.54. The van der Waals surface area contributed by atoms with Crippen molar-refractivity contribution in [2.45, 2.75) is 51.5 Å². The van der Waals surface area contributed by atoms with Gasteiger partial charge in [0.15, 0.2) is 0 Å². The van der Waals surface area contributed by atoms with Crippen LogP contribution in [-0.4, -0.2) is 70.4 Å². The highest BCUT2D eigenvalue weighted by atomic mass is 32.1. The van der Waals surface area contributed by atoms with E-state index in [4.69, 9.17) is 4.74 Å². The molecule has 1 saturated heterocycles. The topological polar surface area (TPSA) is 83.5 Å². The first-order valence-corrected chi connectivity index (χ1v) is 12.3. The summed E-state index contributed by atoms with van der Waals surface area (Å²) in [5.41, 5.74) is 0.918. The number of ether oxygens (including phenoxy) is 1. The molecule has 0 radical (unpaired) electrons. The highest BCUT2D eigenvalue weighted by Gasteiger charge is 2.36. The van der Waals surface area contributed by atoms with E-state index in [1.54, 1.807) is 13.3 Å². The second-order valence-electron chi connectivity index (χ2n) is 9.24. The molecule has 1 atom stereocenters. The van der Waals surface area contributed by atoms with Crippen LogP contribution in [0.3, 0.4) is 0 Å². The molecule has 0 bridgehead atoms. The molecular formula is C23H34N6O2S. The third-order valence-corrected chi connectivity index (χ3v) is 7.33. The highest BCUT2D eigenvalue weighted by Crippen LogP contribution is 2.36. The number of carbonyl (C=O) groups excluding carboxylic acids is 1. The Labute approximate surface area is 194 Å². The average Bonchev–Trinajstić information content (AvgIpc) is 3.30. The summed E-state index contributed by atoms with van der Waals surface area (Å²) in [7, 11) is 1.63. The van der Waals surface area contributed by atoms with Crippen LogP contribution in [0.5, 0.6) is 5.88 Å². The van der Waals surface area contributed by atoms with Crippen LogP contribution in [0.25, 0.3) is 0 Å². The van der Waals surface area contributed by atoms with E-state index in [9.17, 15) is 4.79 Å². The molecule has 1 saturated carbocycles. The van der Waals surface area contributed by atoms with Crippen molar-refractivity contribution < 1.29 is 9.53 Å². The fraction of sp³-hybridized carbons (Fsp3) is 0.652. The number of hydrogen-bond acceptors (Lipinski definition) is 8. The van der Waals surface area contributed by atoms with Crippen molar-refractivity contribution in [1.29, 1.82) is 0 Å². The Morgan fingerprint density at radius 2 is 2.00 bits per heavy atom. The van der Waals surface area contributed by atoms with Gasteiger partial charge in [0.1, 0.15) is 0 Å². The number of carbonyl (C=O) groups is 1. The number of anilines is 1. The monoisotopic (exact) mass is 458 g/mol. The van der Waals surface area contributed by atoms with Gasteiger partial charge in [0.2, 0.25) is 11.7 Å². The van der Waals surface area contributed by atoms with Crippen LogP contribution in [0.4, 0.5) is 5.82 Å². The van der Waals surface area contributed by atoms with E-state index in [2.05, 4.69) is 41.8 Å². The van der Waals surface area contributed by atoms with E-state index >= 15 is 0 Å². The molecule has 8 nitrogen and oxygen atoms in total. The number of methoxy groups -OCH3 is 1. The van der Waals surface area contributed by atoms with Crippen molar-refractivity contribution in [3.8, 4) is 5.88 Å². The molecule has 3 heterocycles. The zero-order valence-corrected chi connectivity index (χ0v) is 19.9. The third kappa shape index (κ3) is 5.56. The molecule has 2 aromatic rings. The number of hydrogen-bond donors (Lipinski definition) is 1. The van der Waals surface area contributed by atoms with E-state index in [0.717, 1.165) is 76.2 Å². The number of nitrogens with one attached hydrogen (secondary N) is 1. The molecule has 2 aliphatic rings. The number of nitrogens with zero attached hydrogens (tertiary/aromatic N) is 5. The number of pyridine rings is 1. The quantitative estimate of drug-likeness (QED) is 0.651. The zero-order valence-electron chi connectivity index (χ0n) is 19.1. The largest absolute Gasteiger partial charge is 0.478 e. The molecule has 1 aliphatic heterocycles. The summed E-state index contributed by atoms with van der Waals surface area (Å²) in [6.07, 6.45) is 10.00. The number of rotatable bonds is 8. The van der Waals surface area contributed by atoms with Gasteiger partial charge in [-0.2, -0.15) is 4.37 Å². The van der Waals surface area contributed by atoms with Gasteiger partial charge in [-0.3, -0.25) is 14.7 Å². The Balaban J connectivity index is 1.38. The summed E-state index contributed by atoms with van der Waals surface area (Å²) in [5, 5.41) is 3.42. The second-order valence-corrected chi connectivity index (χ2v) is 9.77. The van der Waals surface area contributed by atoms with Crippen LogP contribution in [0.15, 0.2) is 24.5 Å². The Morgan fingerprint density at radius 1 is 1.22 bits per heavy atom. The SMILES string of the molecule is COc1nsnc1N1CCN(CC(Cc2cccnc2)NC(=O)C2(C)CCCCC2)CC1. The van der Waals surface area contributed by atoms with Crippen molar-refractivity contribution in [3.05, 3.63) is 30.1 Å².